The van der Waals surface area contributed by atoms with Crippen LogP contribution in [0.2, 0.25) is 0 Å². The molecule has 0 saturated carbocycles. The van der Waals surface area contributed by atoms with Crippen LogP contribution >= 0.6 is 11.3 Å². The van der Waals surface area contributed by atoms with Gasteiger partial charge in [0.1, 0.15) is 13.2 Å². The number of fused-ring (bicyclic) bond motifs is 1. The first-order chi connectivity index (χ1) is 14.1. The van der Waals surface area contributed by atoms with Gasteiger partial charge in [-0.25, -0.2) is 0 Å². The summed E-state index contributed by atoms with van der Waals surface area (Å²) < 4.78 is 11.3. The third-order valence-corrected chi connectivity index (χ3v) is 6.07. The molecule has 0 N–H and O–H groups in total. The fraction of sp³-hybridized carbons (Fsp3) is 0.429. The van der Waals surface area contributed by atoms with Crippen molar-refractivity contribution < 1.29 is 19.1 Å². The molecule has 1 aromatic carbocycles. The van der Waals surface area contributed by atoms with Crippen LogP contribution in [0.5, 0.6) is 11.5 Å². The molecule has 0 atom stereocenters. The molecule has 2 aliphatic rings. The molecule has 0 bridgehead atoms. The molecule has 1 aromatic heterocycles. The first-order valence-electron chi connectivity index (χ1n) is 9.80. The van der Waals surface area contributed by atoms with Gasteiger partial charge in [-0.1, -0.05) is 6.07 Å². The van der Waals surface area contributed by atoms with E-state index in [4.69, 9.17) is 9.47 Å². The number of carbonyl (C=O) groups excluding carboxylic acids is 2. The summed E-state index contributed by atoms with van der Waals surface area (Å²) in [5.41, 5.74) is 0.801. The van der Waals surface area contributed by atoms with E-state index in [-0.39, 0.29) is 11.8 Å². The largest absolute Gasteiger partial charge is 0.486 e. The lowest BCUT2D eigenvalue weighted by molar-refractivity contribution is -0.130. The van der Waals surface area contributed by atoms with Crippen molar-refractivity contribution in [3.05, 3.63) is 40.6 Å². The molecule has 2 amide bonds. The van der Waals surface area contributed by atoms with Crippen LogP contribution < -0.4 is 14.4 Å². The molecule has 0 radical (unpaired) electrons. The number of carbonyl (C=O) groups is 2. The summed E-state index contributed by atoms with van der Waals surface area (Å²) in [4.78, 5) is 31.6. The average Bonchev–Trinajstić information content (AvgIpc) is 3.25. The maximum Gasteiger partial charge on any atom is 0.241 e. The van der Waals surface area contributed by atoms with Gasteiger partial charge in [0.05, 0.1) is 13.1 Å². The first kappa shape index (κ1) is 19.7. The topological polar surface area (TPSA) is 62.3 Å². The molecule has 7 nitrogen and oxygen atoms in total. The Morgan fingerprint density at radius 1 is 1.07 bits per heavy atom. The SMILES string of the molecule is CC(=O)N1CCN(CC(=O)N(Cc2cccs2)c2ccc3c(c2)OCCO3)CC1. The van der Waals surface area contributed by atoms with Crippen LogP contribution in [0.3, 0.4) is 0 Å². The van der Waals surface area contributed by atoms with Gasteiger partial charge < -0.3 is 19.3 Å². The zero-order chi connectivity index (χ0) is 20.2. The number of nitrogens with zero attached hydrogens (tertiary/aromatic N) is 3. The number of rotatable bonds is 5. The highest BCUT2D eigenvalue weighted by Crippen LogP contribution is 2.34. The Hall–Kier alpha value is -2.58. The van der Waals surface area contributed by atoms with Gasteiger partial charge in [-0.2, -0.15) is 0 Å². The van der Waals surface area contributed by atoms with Crippen molar-refractivity contribution in [1.82, 2.24) is 9.80 Å². The number of anilines is 1. The van der Waals surface area contributed by atoms with Crippen molar-refractivity contribution in [1.29, 1.82) is 0 Å². The van der Waals surface area contributed by atoms with Gasteiger partial charge in [-0.15, -0.1) is 11.3 Å². The highest BCUT2D eigenvalue weighted by Gasteiger charge is 2.25. The third kappa shape index (κ3) is 4.71. The van der Waals surface area contributed by atoms with E-state index in [1.54, 1.807) is 23.2 Å². The Morgan fingerprint density at radius 3 is 2.52 bits per heavy atom. The number of hydrogen-bond donors (Lipinski definition) is 0. The minimum absolute atomic E-state index is 0.0337. The molecular weight excluding hydrogens is 390 g/mol. The quantitative estimate of drug-likeness (QED) is 0.749. The smallest absolute Gasteiger partial charge is 0.241 e. The van der Waals surface area contributed by atoms with Crippen molar-refractivity contribution in [2.45, 2.75) is 13.5 Å². The van der Waals surface area contributed by atoms with Crippen LogP contribution in [0, 0.1) is 0 Å². The minimum Gasteiger partial charge on any atom is -0.486 e. The predicted octanol–water partition coefficient (Wildman–Crippen LogP) is 2.22. The van der Waals surface area contributed by atoms with Crippen molar-refractivity contribution in [2.24, 2.45) is 0 Å². The highest BCUT2D eigenvalue weighted by atomic mass is 32.1. The molecule has 1 saturated heterocycles. The number of benzene rings is 1. The first-order valence-corrected chi connectivity index (χ1v) is 10.7. The summed E-state index contributed by atoms with van der Waals surface area (Å²) in [6.45, 7) is 6.22. The number of thiophene rings is 1. The van der Waals surface area contributed by atoms with Crippen molar-refractivity contribution in [3.63, 3.8) is 0 Å². The van der Waals surface area contributed by atoms with Gasteiger partial charge in [0.25, 0.3) is 0 Å². The number of amides is 2. The van der Waals surface area contributed by atoms with E-state index in [0.29, 0.717) is 64.0 Å². The van der Waals surface area contributed by atoms with Crippen LogP contribution in [0.4, 0.5) is 5.69 Å². The minimum atomic E-state index is 0.0337. The standard InChI is InChI=1S/C21H25N3O4S/c1-16(25)23-8-6-22(7-9-23)15-21(26)24(14-18-3-2-12-29-18)17-4-5-19-20(13-17)28-11-10-27-19/h2-5,12-13H,6-11,14-15H2,1H3. The summed E-state index contributed by atoms with van der Waals surface area (Å²) in [5, 5.41) is 2.02. The lowest BCUT2D eigenvalue weighted by Gasteiger charge is -2.35. The van der Waals surface area contributed by atoms with Crippen molar-refractivity contribution in [2.75, 3.05) is 50.8 Å². The molecule has 3 heterocycles. The average molecular weight is 416 g/mol. The van der Waals surface area contributed by atoms with E-state index in [1.165, 1.54) is 0 Å². The molecule has 0 spiro atoms. The van der Waals surface area contributed by atoms with Crippen LogP contribution in [0.25, 0.3) is 0 Å². The van der Waals surface area contributed by atoms with Crippen LogP contribution in [-0.4, -0.2) is 67.6 Å². The molecule has 8 heteroatoms. The number of ether oxygens (including phenoxy) is 2. The van der Waals surface area contributed by atoms with E-state index >= 15 is 0 Å². The van der Waals surface area contributed by atoms with E-state index in [1.807, 2.05) is 40.6 Å². The maximum absolute atomic E-state index is 13.3. The summed E-state index contributed by atoms with van der Waals surface area (Å²) in [6.07, 6.45) is 0. The maximum atomic E-state index is 13.3. The van der Waals surface area contributed by atoms with E-state index in [9.17, 15) is 9.59 Å². The third-order valence-electron chi connectivity index (χ3n) is 5.21. The summed E-state index contributed by atoms with van der Waals surface area (Å²) in [6, 6.07) is 9.69. The molecular formula is C21H25N3O4S. The fourth-order valence-electron chi connectivity index (χ4n) is 3.58. The number of hydrogen-bond acceptors (Lipinski definition) is 6. The molecule has 2 aliphatic heterocycles. The van der Waals surface area contributed by atoms with E-state index in [0.717, 1.165) is 10.6 Å². The Morgan fingerprint density at radius 2 is 1.83 bits per heavy atom. The normalized spacial score (nSPS) is 16.5. The molecule has 29 heavy (non-hydrogen) atoms. The van der Waals surface area contributed by atoms with Crippen LogP contribution in [0.15, 0.2) is 35.7 Å². The monoisotopic (exact) mass is 415 g/mol. The Bertz CT molecular complexity index is 863. The second-order valence-electron chi connectivity index (χ2n) is 7.17. The summed E-state index contributed by atoms with van der Waals surface area (Å²) >= 11 is 1.63. The Labute approximate surface area is 174 Å². The molecule has 0 unspecified atom stereocenters. The van der Waals surface area contributed by atoms with Crippen molar-refractivity contribution >= 4 is 28.8 Å². The molecule has 0 aliphatic carbocycles. The molecule has 4 rings (SSSR count). The Balaban J connectivity index is 1.50. The zero-order valence-electron chi connectivity index (χ0n) is 16.5. The number of piperazine rings is 1. The second-order valence-corrected chi connectivity index (χ2v) is 8.20. The fourth-order valence-corrected chi connectivity index (χ4v) is 4.27. The second kappa shape index (κ2) is 8.84. The van der Waals surface area contributed by atoms with Gasteiger partial charge >= 0.3 is 0 Å². The van der Waals surface area contributed by atoms with Gasteiger partial charge in [0.2, 0.25) is 11.8 Å². The van der Waals surface area contributed by atoms with Gasteiger partial charge in [0, 0.05) is 49.7 Å². The van der Waals surface area contributed by atoms with Gasteiger partial charge in [-0.3, -0.25) is 14.5 Å². The summed E-state index contributed by atoms with van der Waals surface area (Å²) in [7, 11) is 0. The van der Waals surface area contributed by atoms with Crippen LogP contribution in [0.1, 0.15) is 11.8 Å². The van der Waals surface area contributed by atoms with Gasteiger partial charge in [-0.05, 0) is 23.6 Å². The van der Waals surface area contributed by atoms with Crippen molar-refractivity contribution in [3.8, 4) is 11.5 Å². The van der Waals surface area contributed by atoms with E-state index in [2.05, 4.69) is 4.90 Å². The molecule has 154 valence electrons. The lowest BCUT2D eigenvalue weighted by atomic mass is 10.2. The summed E-state index contributed by atoms with van der Waals surface area (Å²) in [5.74, 6) is 1.51. The Kier molecular flexibility index (Phi) is 6.01. The molecule has 2 aromatic rings. The molecule has 1 fully saturated rings. The lowest BCUT2D eigenvalue weighted by Crippen LogP contribution is -2.51. The van der Waals surface area contributed by atoms with Gasteiger partial charge in [0.15, 0.2) is 11.5 Å². The van der Waals surface area contributed by atoms with E-state index < -0.39 is 0 Å². The zero-order valence-corrected chi connectivity index (χ0v) is 17.3. The highest BCUT2D eigenvalue weighted by molar-refractivity contribution is 7.09. The van der Waals surface area contributed by atoms with Crippen LogP contribution in [-0.2, 0) is 16.1 Å². The predicted molar refractivity (Wildman–Crippen MR) is 112 cm³/mol.